The normalized spacial score (nSPS) is 49.2. The summed E-state index contributed by atoms with van der Waals surface area (Å²) < 4.78 is 17.1. The van der Waals surface area contributed by atoms with Gasteiger partial charge in [-0.2, -0.15) is 0 Å². The van der Waals surface area contributed by atoms with Gasteiger partial charge >= 0.3 is 17.9 Å². The summed E-state index contributed by atoms with van der Waals surface area (Å²) in [5.74, 6) is -0.609. The molecule has 8 unspecified atom stereocenters. The first-order valence-electron chi connectivity index (χ1n) is 10.0. The van der Waals surface area contributed by atoms with E-state index in [1.807, 2.05) is 13.8 Å². The molecule has 0 aromatic heterocycles. The van der Waals surface area contributed by atoms with Gasteiger partial charge < -0.3 is 19.3 Å². The van der Waals surface area contributed by atoms with Crippen molar-refractivity contribution in [1.29, 1.82) is 0 Å². The van der Waals surface area contributed by atoms with E-state index in [0.717, 1.165) is 6.42 Å². The molecule has 0 heterocycles. The summed E-state index contributed by atoms with van der Waals surface area (Å²) in [6.07, 6.45) is -0.777. The number of aliphatic hydroxyl groups is 1. The molecule has 0 aromatic rings. The van der Waals surface area contributed by atoms with Gasteiger partial charge in [-0.3, -0.25) is 14.4 Å². The number of esters is 3. The molecule has 0 aliphatic heterocycles. The van der Waals surface area contributed by atoms with Gasteiger partial charge in [0.15, 0.2) is 0 Å². The molecule has 1 N–H and O–H groups in total. The second-order valence-corrected chi connectivity index (χ2v) is 10.1. The fourth-order valence-corrected chi connectivity index (χ4v) is 8.10. The van der Waals surface area contributed by atoms with E-state index in [0.29, 0.717) is 12.3 Å². The minimum absolute atomic E-state index is 0.185. The van der Waals surface area contributed by atoms with Gasteiger partial charge in [0.25, 0.3) is 0 Å². The Morgan fingerprint density at radius 2 is 1.57 bits per heavy atom. The summed E-state index contributed by atoms with van der Waals surface area (Å²) in [6.45, 7) is 10.4. The Labute approximate surface area is 165 Å². The number of carbonyl (C=O) groups excluding carboxylic acids is 3. The summed E-state index contributed by atoms with van der Waals surface area (Å²) in [6, 6.07) is 0. The predicted molar refractivity (Wildman–Crippen MR) is 96.7 cm³/mol. The second-order valence-electron chi connectivity index (χ2n) is 10.1. The molecular weight excluding hydrogens is 364 g/mol. The predicted octanol–water partition coefficient (Wildman–Crippen LogP) is 1.85. The standard InChI is InChI=1S/C21H30O7/c1-10(22)26-9-20-8-14(25)16(27-11(2)23)18(4,5)21(20)7-13-15(20)19(13,6)17(21)28-12(3)24/h13-17,25H,7-9H2,1-6H3. The molecule has 0 amide bonds. The molecule has 28 heavy (non-hydrogen) atoms. The van der Waals surface area contributed by atoms with Crippen LogP contribution in [0.2, 0.25) is 0 Å². The van der Waals surface area contributed by atoms with Crippen molar-refractivity contribution in [2.45, 2.75) is 72.7 Å². The number of carbonyl (C=O) groups is 3. The topological polar surface area (TPSA) is 99.1 Å². The summed E-state index contributed by atoms with van der Waals surface area (Å²) in [7, 11) is 0. The van der Waals surface area contributed by atoms with E-state index in [1.54, 1.807) is 0 Å². The molecular formula is C21H30O7. The van der Waals surface area contributed by atoms with Gasteiger partial charge in [0, 0.05) is 42.4 Å². The minimum atomic E-state index is -0.873. The van der Waals surface area contributed by atoms with Crippen LogP contribution >= 0.6 is 0 Å². The first-order valence-corrected chi connectivity index (χ1v) is 10.0. The van der Waals surface area contributed by atoms with Crippen molar-refractivity contribution in [3.63, 3.8) is 0 Å². The number of rotatable bonds is 4. The van der Waals surface area contributed by atoms with Crippen LogP contribution in [0.15, 0.2) is 0 Å². The quantitative estimate of drug-likeness (QED) is 0.574. The molecule has 5 aliphatic rings. The number of hydrogen-bond donors (Lipinski definition) is 1. The van der Waals surface area contributed by atoms with Gasteiger partial charge in [0.05, 0.1) is 12.7 Å². The third-order valence-electron chi connectivity index (χ3n) is 8.69. The molecule has 1 spiro atoms. The Hall–Kier alpha value is -1.63. The van der Waals surface area contributed by atoms with Crippen molar-refractivity contribution in [1.82, 2.24) is 0 Å². The summed E-state index contributed by atoms with van der Waals surface area (Å²) in [5.41, 5.74) is -1.91. The lowest BCUT2D eigenvalue weighted by atomic mass is 9.46. The third-order valence-corrected chi connectivity index (χ3v) is 8.69. The highest BCUT2D eigenvalue weighted by Crippen LogP contribution is 2.95. The van der Waals surface area contributed by atoms with Crippen LogP contribution in [0.25, 0.3) is 0 Å². The average molecular weight is 394 g/mol. The van der Waals surface area contributed by atoms with Crippen molar-refractivity contribution >= 4 is 17.9 Å². The highest BCUT2D eigenvalue weighted by molar-refractivity contribution is 5.68. The van der Waals surface area contributed by atoms with Gasteiger partial charge in [0.1, 0.15) is 12.2 Å². The molecule has 5 aliphatic carbocycles. The monoisotopic (exact) mass is 394 g/mol. The molecule has 0 saturated heterocycles. The lowest BCUT2D eigenvalue weighted by Crippen LogP contribution is -2.67. The van der Waals surface area contributed by atoms with Crippen molar-refractivity contribution in [3.05, 3.63) is 0 Å². The van der Waals surface area contributed by atoms with E-state index < -0.39 is 34.4 Å². The van der Waals surface area contributed by atoms with Crippen molar-refractivity contribution in [2.24, 2.45) is 33.5 Å². The van der Waals surface area contributed by atoms with Gasteiger partial charge in [-0.1, -0.05) is 20.8 Å². The fourth-order valence-electron chi connectivity index (χ4n) is 8.10. The van der Waals surface area contributed by atoms with Crippen molar-refractivity contribution < 1.29 is 33.7 Å². The molecule has 5 fully saturated rings. The maximum absolute atomic E-state index is 12.0. The first kappa shape index (κ1) is 19.7. The van der Waals surface area contributed by atoms with E-state index in [1.165, 1.54) is 20.8 Å². The molecule has 8 atom stereocenters. The zero-order valence-electron chi connectivity index (χ0n) is 17.4. The van der Waals surface area contributed by atoms with Crippen LogP contribution in [0.5, 0.6) is 0 Å². The Balaban J connectivity index is 1.86. The molecule has 7 nitrogen and oxygen atoms in total. The Kier molecular flexibility index (Phi) is 3.86. The van der Waals surface area contributed by atoms with E-state index in [-0.39, 0.29) is 36.0 Å². The summed E-state index contributed by atoms with van der Waals surface area (Å²) in [4.78, 5) is 35.4. The molecule has 156 valence electrons. The van der Waals surface area contributed by atoms with E-state index in [4.69, 9.17) is 14.2 Å². The smallest absolute Gasteiger partial charge is 0.303 e. The maximum Gasteiger partial charge on any atom is 0.303 e. The van der Waals surface area contributed by atoms with E-state index in [9.17, 15) is 19.5 Å². The average Bonchev–Trinajstić information content (AvgIpc) is 2.80. The highest BCUT2D eigenvalue weighted by atomic mass is 16.6. The van der Waals surface area contributed by atoms with Crippen molar-refractivity contribution in [2.75, 3.05) is 6.61 Å². The molecule has 7 heteroatoms. The number of aliphatic hydroxyl groups excluding tert-OH is 1. The van der Waals surface area contributed by atoms with Crippen LogP contribution in [0, 0.1) is 33.5 Å². The zero-order chi connectivity index (χ0) is 20.9. The molecule has 0 radical (unpaired) electrons. The van der Waals surface area contributed by atoms with Gasteiger partial charge in [-0.25, -0.2) is 0 Å². The van der Waals surface area contributed by atoms with Crippen LogP contribution in [-0.4, -0.2) is 47.9 Å². The molecule has 5 saturated carbocycles. The Morgan fingerprint density at radius 1 is 0.964 bits per heavy atom. The molecule has 0 aromatic carbocycles. The van der Waals surface area contributed by atoms with Crippen LogP contribution in [0.1, 0.15) is 54.4 Å². The van der Waals surface area contributed by atoms with Crippen LogP contribution in [0.4, 0.5) is 0 Å². The van der Waals surface area contributed by atoms with Crippen LogP contribution < -0.4 is 0 Å². The number of hydrogen-bond acceptors (Lipinski definition) is 7. The highest BCUT2D eigenvalue weighted by Gasteiger charge is 2.97. The van der Waals surface area contributed by atoms with Gasteiger partial charge in [-0.15, -0.1) is 0 Å². The summed E-state index contributed by atoms with van der Waals surface area (Å²) >= 11 is 0. The molecule has 5 rings (SSSR count). The Morgan fingerprint density at radius 3 is 2.11 bits per heavy atom. The summed E-state index contributed by atoms with van der Waals surface area (Å²) in [5, 5.41) is 11.0. The maximum atomic E-state index is 12.0. The van der Waals surface area contributed by atoms with Gasteiger partial charge in [-0.05, 0) is 24.7 Å². The van der Waals surface area contributed by atoms with Crippen LogP contribution in [0.3, 0.4) is 0 Å². The fraction of sp³-hybridized carbons (Fsp3) is 0.857. The van der Waals surface area contributed by atoms with Crippen molar-refractivity contribution in [3.8, 4) is 0 Å². The van der Waals surface area contributed by atoms with Gasteiger partial charge in [0.2, 0.25) is 0 Å². The second kappa shape index (κ2) is 5.49. The van der Waals surface area contributed by atoms with Crippen LogP contribution in [-0.2, 0) is 28.6 Å². The van der Waals surface area contributed by atoms with E-state index >= 15 is 0 Å². The third kappa shape index (κ3) is 1.96. The first-order chi connectivity index (χ1) is 12.9. The number of ether oxygens (including phenoxy) is 3. The largest absolute Gasteiger partial charge is 0.465 e. The SMILES string of the molecule is CC(=O)OCC12CC(O)C(OC(C)=O)C(C)(C)C13CC1C2C1(C)C3OC(C)=O. The van der Waals surface area contributed by atoms with E-state index in [2.05, 4.69) is 6.92 Å². The zero-order valence-corrected chi connectivity index (χ0v) is 17.4. The minimum Gasteiger partial charge on any atom is -0.465 e. The lowest BCUT2D eigenvalue weighted by molar-refractivity contribution is -0.248. The lowest BCUT2D eigenvalue weighted by Gasteiger charge is -2.61. The Bertz CT molecular complexity index is 760. The molecule has 4 bridgehead atoms.